The Morgan fingerprint density at radius 3 is 2.46 bits per heavy atom. The van der Waals surface area contributed by atoms with E-state index >= 15 is 0 Å². The summed E-state index contributed by atoms with van der Waals surface area (Å²) >= 11 is 1.67. The molecule has 5 rings (SSSR count). The third kappa shape index (κ3) is 5.34. The Hall–Kier alpha value is -4.16. The highest BCUT2D eigenvalue weighted by molar-refractivity contribution is 7.98. The zero-order valence-corrected chi connectivity index (χ0v) is 20.1. The summed E-state index contributed by atoms with van der Waals surface area (Å²) in [6.45, 7) is 0. The fraction of sp³-hybridized carbons (Fsp3) is 0.0690. The van der Waals surface area contributed by atoms with E-state index in [1.54, 1.807) is 17.8 Å². The second-order valence-corrected chi connectivity index (χ2v) is 9.05. The quantitative estimate of drug-likeness (QED) is 0.213. The molecule has 6 heteroatoms. The van der Waals surface area contributed by atoms with Gasteiger partial charge in [-0.2, -0.15) is 0 Å². The monoisotopic (exact) mass is 476 g/mol. The van der Waals surface area contributed by atoms with Crippen molar-refractivity contribution in [1.82, 2.24) is 14.8 Å². The van der Waals surface area contributed by atoms with E-state index in [1.807, 2.05) is 66.2 Å². The largest absolute Gasteiger partial charge is 0.323 e. The molecule has 0 radical (unpaired) electrons. The summed E-state index contributed by atoms with van der Waals surface area (Å²) in [6.07, 6.45) is 3.33. The smallest absolute Gasteiger partial charge is 0.248 e. The van der Waals surface area contributed by atoms with Gasteiger partial charge < -0.3 is 9.88 Å². The Morgan fingerprint density at radius 1 is 0.886 bits per heavy atom. The molecule has 1 heterocycles. The average Bonchev–Trinajstić information content (AvgIpc) is 3.27. The van der Waals surface area contributed by atoms with Gasteiger partial charge in [0.15, 0.2) is 11.0 Å². The highest BCUT2D eigenvalue weighted by Crippen LogP contribution is 2.28. The third-order valence-corrected chi connectivity index (χ3v) is 6.78. The van der Waals surface area contributed by atoms with Crippen molar-refractivity contribution in [3.63, 3.8) is 0 Å². The molecular weight excluding hydrogens is 452 g/mol. The number of carbonyl (C=O) groups is 1. The van der Waals surface area contributed by atoms with Crippen LogP contribution < -0.4 is 5.32 Å². The first-order valence-electron chi connectivity index (χ1n) is 11.3. The molecular formula is C29H24N4OS. The van der Waals surface area contributed by atoms with Crippen LogP contribution in [0.25, 0.3) is 28.2 Å². The van der Waals surface area contributed by atoms with Crippen molar-refractivity contribution in [2.24, 2.45) is 7.05 Å². The summed E-state index contributed by atoms with van der Waals surface area (Å²) in [6, 6.07) is 32.2. The van der Waals surface area contributed by atoms with Crippen molar-refractivity contribution >= 4 is 40.2 Å². The summed E-state index contributed by atoms with van der Waals surface area (Å²) in [5, 5.41) is 15.1. The van der Waals surface area contributed by atoms with E-state index in [-0.39, 0.29) is 5.91 Å². The van der Waals surface area contributed by atoms with Crippen LogP contribution in [0.5, 0.6) is 0 Å². The van der Waals surface area contributed by atoms with Crippen LogP contribution in [-0.4, -0.2) is 20.7 Å². The molecule has 0 atom stereocenters. The van der Waals surface area contributed by atoms with E-state index in [0.717, 1.165) is 33.5 Å². The lowest BCUT2D eigenvalue weighted by Crippen LogP contribution is -2.07. The lowest BCUT2D eigenvalue weighted by Gasteiger charge is -2.07. The molecule has 5 nitrogen and oxygen atoms in total. The SMILES string of the molecule is Cn1c(SCc2cccc3ccccc23)nnc1-c1ccc(NC(=O)/C=C/c2ccccc2)cc1. The van der Waals surface area contributed by atoms with E-state index in [0.29, 0.717) is 0 Å². The number of rotatable bonds is 7. The highest BCUT2D eigenvalue weighted by atomic mass is 32.2. The van der Waals surface area contributed by atoms with E-state index in [4.69, 9.17) is 0 Å². The van der Waals surface area contributed by atoms with Crippen LogP contribution in [0.4, 0.5) is 5.69 Å². The molecule has 0 spiro atoms. The van der Waals surface area contributed by atoms with Gasteiger partial charge in [0.05, 0.1) is 0 Å². The molecule has 0 aliphatic heterocycles. The molecule has 0 aliphatic rings. The number of hydrogen-bond acceptors (Lipinski definition) is 4. The average molecular weight is 477 g/mol. The van der Waals surface area contributed by atoms with Crippen molar-refractivity contribution in [3.8, 4) is 11.4 Å². The van der Waals surface area contributed by atoms with Crippen molar-refractivity contribution in [2.75, 3.05) is 5.32 Å². The van der Waals surface area contributed by atoms with E-state index in [9.17, 15) is 4.79 Å². The first-order chi connectivity index (χ1) is 17.2. The number of hydrogen-bond donors (Lipinski definition) is 1. The molecule has 0 bridgehead atoms. The maximum Gasteiger partial charge on any atom is 0.248 e. The highest BCUT2D eigenvalue weighted by Gasteiger charge is 2.12. The Morgan fingerprint density at radius 2 is 1.63 bits per heavy atom. The third-order valence-electron chi connectivity index (χ3n) is 5.71. The fourth-order valence-corrected chi connectivity index (χ4v) is 4.79. The van der Waals surface area contributed by atoms with Gasteiger partial charge in [-0.05, 0) is 52.2 Å². The predicted molar refractivity (Wildman–Crippen MR) is 144 cm³/mol. The summed E-state index contributed by atoms with van der Waals surface area (Å²) in [7, 11) is 1.98. The predicted octanol–water partition coefficient (Wildman–Crippen LogP) is 6.58. The van der Waals surface area contributed by atoms with Crippen LogP contribution in [0.2, 0.25) is 0 Å². The second kappa shape index (κ2) is 10.4. The number of benzene rings is 4. The van der Waals surface area contributed by atoms with Crippen LogP contribution in [0.3, 0.4) is 0 Å². The number of nitrogens with zero attached hydrogens (tertiary/aromatic N) is 3. The van der Waals surface area contributed by atoms with E-state index in [2.05, 4.69) is 58.0 Å². The molecule has 1 N–H and O–H groups in total. The minimum atomic E-state index is -0.174. The molecule has 35 heavy (non-hydrogen) atoms. The Kier molecular flexibility index (Phi) is 6.73. The van der Waals surface area contributed by atoms with Crippen LogP contribution in [0.15, 0.2) is 108 Å². The molecule has 4 aromatic carbocycles. The van der Waals surface area contributed by atoms with Crippen LogP contribution >= 0.6 is 11.8 Å². The first-order valence-corrected chi connectivity index (χ1v) is 12.3. The maximum absolute atomic E-state index is 12.2. The van der Waals surface area contributed by atoms with Gasteiger partial charge in [0.2, 0.25) is 5.91 Å². The van der Waals surface area contributed by atoms with Gasteiger partial charge in [-0.15, -0.1) is 10.2 Å². The van der Waals surface area contributed by atoms with Gasteiger partial charge in [0.25, 0.3) is 0 Å². The molecule has 0 fully saturated rings. The molecule has 1 aromatic heterocycles. The van der Waals surface area contributed by atoms with E-state index in [1.165, 1.54) is 22.4 Å². The van der Waals surface area contributed by atoms with Gasteiger partial charge in [-0.3, -0.25) is 4.79 Å². The topological polar surface area (TPSA) is 59.8 Å². The zero-order chi connectivity index (χ0) is 24.0. The number of anilines is 1. The minimum absolute atomic E-state index is 0.174. The number of aromatic nitrogens is 3. The number of carbonyl (C=O) groups excluding carboxylic acids is 1. The Bertz CT molecular complexity index is 1490. The molecule has 0 saturated heterocycles. The van der Waals surface area contributed by atoms with Crippen LogP contribution in [-0.2, 0) is 17.6 Å². The zero-order valence-electron chi connectivity index (χ0n) is 19.3. The summed E-state index contributed by atoms with van der Waals surface area (Å²) in [5.74, 6) is 1.43. The van der Waals surface area contributed by atoms with Crippen molar-refractivity contribution < 1.29 is 4.79 Å². The lowest BCUT2D eigenvalue weighted by atomic mass is 10.1. The van der Waals surface area contributed by atoms with Gasteiger partial charge in [-0.1, -0.05) is 84.6 Å². The minimum Gasteiger partial charge on any atom is -0.323 e. The second-order valence-electron chi connectivity index (χ2n) is 8.10. The molecule has 0 saturated carbocycles. The van der Waals surface area contributed by atoms with E-state index < -0.39 is 0 Å². The number of thioether (sulfide) groups is 1. The molecule has 5 aromatic rings. The van der Waals surface area contributed by atoms with Gasteiger partial charge in [-0.25, -0.2) is 0 Å². The van der Waals surface area contributed by atoms with Crippen molar-refractivity contribution in [3.05, 3.63) is 114 Å². The fourth-order valence-electron chi connectivity index (χ4n) is 3.88. The molecule has 0 unspecified atom stereocenters. The molecule has 172 valence electrons. The standard InChI is InChI=1S/C29H24N4OS/c1-33-28(31-32-29(33)35-20-24-12-7-11-22-10-5-6-13-26(22)24)23-15-17-25(18-16-23)30-27(34)19-14-21-8-3-2-4-9-21/h2-19H,20H2,1H3,(H,30,34)/b19-14+. The summed E-state index contributed by atoms with van der Waals surface area (Å²) < 4.78 is 2.01. The Labute approximate surface area is 208 Å². The van der Waals surface area contributed by atoms with Gasteiger partial charge in [0.1, 0.15) is 0 Å². The normalized spacial score (nSPS) is 11.2. The van der Waals surface area contributed by atoms with Crippen LogP contribution in [0.1, 0.15) is 11.1 Å². The van der Waals surface area contributed by atoms with Crippen LogP contribution in [0, 0.1) is 0 Å². The summed E-state index contributed by atoms with van der Waals surface area (Å²) in [5.41, 5.74) is 3.92. The van der Waals surface area contributed by atoms with Crippen molar-refractivity contribution in [2.45, 2.75) is 10.9 Å². The molecule has 1 amide bonds. The Balaban J connectivity index is 1.24. The lowest BCUT2D eigenvalue weighted by molar-refractivity contribution is -0.111. The summed E-state index contributed by atoms with van der Waals surface area (Å²) in [4.78, 5) is 12.2. The number of amides is 1. The molecule has 0 aliphatic carbocycles. The maximum atomic E-state index is 12.2. The van der Waals surface area contributed by atoms with Gasteiger partial charge in [0, 0.05) is 30.1 Å². The first kappa shape index (κ1) is 22.6. The van der Waals surface area contributed by atoms with Crippen molar-refractivity contribution in [1.29, 1.82) is 0 Å². The number of fused-ring (bicyclic) bond motifs is 1. The van der Waals surface area contributed by atoms with Gasteiger partial charge >= 0.3 is 0 Å². The number of nitrogens with one attached hydrogen (secondary N) is 1.